The van der Waals surface area contributed by atoms with Crippen molar-refractivity contribution in [3.8, 4) is 11.5 Å². The molecule has 4 aliphatic rings. The summed E-state index contributed by atoms with van der Waals surface area (Å²) in [4.78, 5) is 32.0. The normalized spacial score (nSPS) is 17.9. The number of ketones is 1. The molecule has 0 fully saturated rings. The van der Waals surface area contributed by atoms with Gasteiger partial charge in [0.05, 0.1) is 15.9 Å². The molecule has 0 saturated heterocycles. The van der Waals surface area contributed by atoms with Crippen LogP contribution in [0.2, 0.25) is 0 Å². The molecule has 3 aromatic carbocycles. The first-order chi connectivity index (χ1) is 21.7. The molecule has 7 rings (SSSR count). The first kappa shape index (κ1) is 29.8. The van der Waals surface area contributed by atoms with Gasteiger partial charge < -0.3 is 19.6 Å². The monoisotopic (exact) mass is 643 g/mol. The molecule has 0 bridgehead atoms. The number of carboxylic acid groups (broad SMARTS) is 1. The van der Waals surface area contributed by atoms with Crippen molar-refractivity contribution in [1.29, 1.82) is 5.53 Å². The molecule has 1 aliphatic carbocycles. The Morgan fingerprint density at radius 3 is 1.83 bits per heavy atom. The van der Waals surface area contributed by atoms with Gasteiger partial charge in [-0.2, -0.15) is 26.3 Å². The number of halogens is 6. The molecule has 46 heavy (non-hydrogen) atoms. The van der Waals surface area contributed by atoms with Crippen LogP contribution in [0.5, 0.6) is 11.5 Å². The third-order valence-corrected chi connectivity index (χ3v) is 9.16. The van der Waals surface area contributed by atoms with Crippen LogP contribution in [0.3, 0.4) is 0 Å². The van der Waals surface area contributed by atoms with Crippen LogP contribution in [0.1, 0.15) is 61.4 Å². The maximum Gasteiger partial charge on any atom is 0.408 e. The van der Waals surface area contributed by atoms with Gasteiger partial charge in [0.25, 0.3) is 5.78 Å². The number of aromatic carboxylic acids is 1. The van der Waals surface area contributed by atoms with Crippen molar-refractivity contribution < 1.29 is 50.6 Å². The second-order valence-corrected chi connectivity index (χ2v) is 11.9. The number of nitrogens with zero attached hydrogens (tertiary/aromatic N) is 3. The fourth-order valence-electron chi connectivity index (χ4n) is 7.45. The van der Waals surface area contributed by atoms with E-state index >= 15 is 0 Å². The Hall–Kier alpha value is -4.84. The number of nitrogens with one attached hydrogen (secondary N) is 1. The van der Waals surface area contributed by atoms with Crippen LogP contribution in [0.4, 0.5) is 37.7 Å². The average molecular weight is 644 g/mol. The third kappa shape index (κ3) is 4.53. The Balaban J connectivity index is 1.54. The summed E-state index contributed by atoms with van der Waals surface area (Å²) in [6.45, 7) is -2.20. The number of hydrogen-bond acceptors (Lipinski definition) is 6. The van der Waals surface area contributed by atoms with Crippen LogP contribution in [0.25, 0.3) is 0 Å². The Bertz CT molecular complexity index is 1810. The number of carbonyl (C=O) groups is 2. The van der Waals surface area contributed by atoms with Crippen LogP contribution in [0.15, 0.2) is 42.5 Å². The topological polar surface area (TPSA) is 108 Å². The van der Waals surface area contributed by atoms with Crippen molar-refractivity contribution in [3.05, 3.63) is 81.4 Å². The lowest BCUT2D eigenvalue weighted by atomic mass is 9.66. The molecule has 238 valence electrons. The van der Waals surface area contributed by atoms with Gasteiger partial charge in [0.1, 0.15) is 24.6 Å². The number of fused-ring (bicyclic) bond motifs is 8. The number of benzene rings is 3. The number of Topliss-reactive ketones (excluding diaryl/α,β-unsaturated/α-hetero) is 1. The molecule has 2 N–H and O–H groups in total. The summed E-state index contributed by atoms with van der Waals surface area (Å²) >= 11 is 0. The highest BCUT2D eigenvalue weighted by atomic mass is 19.4. The van der Waals surface area contributed by atoms with Crippen LogP contribution in [-0.2, 0) is 18.3 Å². The van der Waals surface area contributed by atoms with Crippen molar-refractivity contribution in [2.45, 2.75) is 43.5 Å². The predicted octanol–water partition coefficient (Wildman–Crippen LogP) is 6.33. The number of rotatable bonds is 3. The van der Waals surface area contributed by atoms with Gasteiger partial charge in [-0.1, -0.05) is 0 Å². The minimum atomic E-state index is -4.50. The Labute approximate surface area is 257 Å². The van der Waals surface area contributed by atoms with E-state index in [-0.39, 0.29) is 69.5 Å². The maximum absolute atomic E-state index is 13.9. The number of alkyl halides is 6. The summed E-state index contributed by atoms with van der Waals surface area (Å²) in [5, 5.41) is 9.87. The van der Waals surface area contributed by atoms with Gasteiger partial charge in [-0.25, -0.2) is 4.79 Å². The zero-order valence-electron chi connectivity index (χ0n) is 24.0. The summed E-state index contributed by atoms with van der Waals surface area (Å²) in [6.07, 6.45) is -7.38. The molecular weight excluding hydrogens is 618 g/mol. The highest BCUT2D eigenvalue weighted by molar-refractivity contribution is 6.52. The first-order valence-electron chi connectivity index (χ1n) is 14.5. The summed E-state index contributed by atoms with van der Waals surface area (Å²) in [7, 11) is 0. The van der Waals surface area contributed by atoms with Gasteiger partial charge >= 0.3 is 24.0 Å². The Kier molecular flexibility index (Phi) is 6.54. The molecule has 0 aromatic heterocycles. The van der Waals surface area contributed by atoms with Crippen molar-refractivity contribution in [2.24, 2.45) is 0 Å². The van der Waals surface area contributed by atoms with Crippen LogP contribution in [0, 0.1) is 5.53 Å². The number of aryl methyl sites for hydroxylation is 2. The van der Waals surface area contributed by atoms with Crippen molar-refractivity contribution in [2.75, 3.05) is 36.0 Å². The van der Waals surface area contributed by atoms with Crippen molar-refractivity contribution in [3.63, 3.8) is 0 Å². The summed E-state index contributed by atoms with van der Waals surface area (Å²) in [5.74, 6) is -1.87. The SMILES string of the molecule is N=[N+]=C1C(=O)c2ccc(C(=O)O)cc2C12c1cc3c(cc1Oc1cc4c(cc12)CCCN4CC(F)(F)F)N(CC(F)(F)F)CCC3. The maximum atomic E-state index is 13.9. The van der Waals surface area contributed by atoms with Crippen LogP contribution >= 0.6 is 0 Å². The standard InChI is InChI=1S/C32H24F6N4O4/c33-30(34,35)14-41-7-1-3-16-9-21-25(12-23(16)41)46-26-13-24-17(4-2-8-42(24)15-31(36,37)38)10-22(26)32(21)20-11-18(29(44)45)5-6-19(20)27(43)28(32)40-39/h5-6,9-13,39H,1-4,7-8,14-15H2/p+1. The number of carboxylic acids is 1. The molecule has 0 atom stereocenters. The van der Waals surface area contributed by atoms with E-state index in [0.29, 0.717) is 36.8 Å². The number of carbonyl (C=O) groups excluding carboxylic acids is 1. The largest absolute Gasteiger partial charge is 0.478 e. The van der Waals surface area contributed by atoms with Gasteiger partial charge in [0.2, 0.25) is 0 Å². The van der Waals surface area contributed by atoms with Gasteiger partial charge in [0.15, 0.2) is 5.41 Å². The second-order valence-electron chi connectivity index (χ2n) is 11.9. The highest BCUT2D eigenvalue weighted by Crippen LogP contribution is 2.58. The van der Waals surface area contributed by atoms with E-state index in [1.807, 2.05) is 0 Å². The van der Waals surface area contributed by atoms with E-state index in [1.165, 1.54) is 40.1 Å². The van der Waals surface area contributed by atoms with E-state index in [2.05, 4.69) is 4.79 Å². The summed E-state index contributed by atoms with van der Waals surface area (Å²) in [6, 6.07) is 10.0. The van der Waals surface area contributed by atoms with Crippen LogP contribution in [-0.4, -0.2) is 65.9 Å². The molecular formula is C32H25F6N4O4+. The molecule has 14 heteroatoms. The molecule has 0 amide bonds. The molecule has 8 nitrogen and oxygen atoms in total. The lowest BCUT2D eigenvalue weighted by molar-refractivity contribution is -0.122. The summed E-state index contributed by atoms with van der Waals surface area (Å²) < 4.78 is 87.6. The second kappa shape index (κ2) is 10.1. The zero-order chi connectivity index (χ0) is 32.8. The third-order valence-electron chi connectivity index (χ3n) is 9.16. The fourth-order valence-corrected chi connectivity index (χ4v) is 7.45. The molecule has 3 aromatic rings. The molecule has 0 saturated carbocycles. The van der Waals surface area contributed by atoms with E-state index in [0.717, 1.165) is 0 Å². The lowest BCUT2D eigenvalue weighted by Crippen LogP contribution is -2.42. The van der Waals surface area contributed by atoms with E-state index < -0.39 is 42.6 Å². The zero-order valence-corrected chi connectivity index (χ0v) is 24.0. The smallest absolute Gasteiger partial charge is 0.408 e. The molecule has 3 aliphatic heterocycles. The predicted molar refractivity (Wildman–Crippen MR) is 152 cm³/mol. The first-order valence-corrected chi connectivity index (χ1v) is 14.5. The van der Waals surface area contributed by atoms with E-state index in [4.69, 9.17) is 10.3 Å². The van der Waals surface area contributed by atoms with E-state index in [9.17, 15) is 41.0 Å². The molecule has 0 unspecified atom stereocenters. The number of ether oxygens (including phenoxy) is 1. The fraction of sp³-hybridized carbons (Fsp3) is 0.344. The van der Waals surface area contributed by atoms with Gasteiger partial charge in [-0.3, -0.25) is 4.79 Å². The highest BCUT2D eigenvalue weighted by Gasteiger charge is 2.64. The number of anilines is 2. The van der Waals surface area contributed by atoms with Gasteiger partial charge in [-0.05, 0) is 72.7 Å². The van der Waals surface area contributed by atoms with Gasteiger partial charge in [0, 0.05) is 53.3 Å². The average Bonchev–Trinajstić information content (AvgIpc) is 3.22. The van der Waals surface area contributed by atoms with E-state index in [1.54, 1.807) is 12.1 Å². The minimum Gasteiger partial charge on any atom is -0.478 e. The molecule has 0 radical (unpaired) electrons. The minimum absolute atomic E-state index is 0.0287. The quantitative estimate of drug-likeness (QED) is 0.196. The van der Waals surface area contributed by atoms with Gasteiger partial charge in [-0.15, -0.1) is 0 Å². The Morgan fingerprint density at radius 1 is 0.848 bits per heavy atom. The summed E-state index contributed by atoms with van der Waals surface area (Å²) in [5.41, 5.74) is 8.46. The van der Waals surface area contributed by atoms with Crippen LogP contribution < -0.4 is 14.5 Å². The molecule has 1 spiro atoms. The molecule has 3 heterocycles. The number of hydrogen-bond donors (Lipinski definition) is 2. The van der Waals surface area contributed by atoms with Crippen molar-refractivity contribution in [1.82, 2.24) is 0 Å². The lowest BCUT2D eigenvalue weighted by Gasteiger charge is -2.39. The van der Waals surface area contributed by atoms with Crippen molar-refractivity contribution >= 4 is 28.8 Å². The Morgan fingerprint density at radius 2 is 1.37 bits per heavy atom.